The van der Waals surface area contributed by atoms with Gasteiger partial charge >= 0.3 is 0 Å². The van der Waals surface area contributed by atoms with Gasteiger partial charge in [0.25, 0.3) is 12.0 Å². The highest BCUT2D eigenvalue weighted by molar-refractivity contribution is 5.21. The molecular weight excluding hydrogens is 232 g/mol. The monoisotopic (exact) mass is 245 g/mol. The van der Waals surface area contributed by atoms with E-state index in [2.05, 4.69) is 15.3 Å². The fraction of sp³-hybridized carbons (Fsp3) is 0.600. The fourth-order valence-corrected chi connectivity index (χ4v) is 1.69. The zero-order valence-electron chi connectivity index (χ0n) is 9.13. The lowest BCUT2D eigenvalue weighted by molar-refractivity contribution is 0.0182. The second-order valence-corrected chi connectivity index (χ2v) is 3.76. The van der Waals surface area contributed by atoms with Crippen molar-refractivity contribution in [2.75, 3.05) is 13.2 Å². The van der Waals surface area contributed by atoms with Gasteiger partial charge in [-0.15, -0.1) is 0 Å². The van der Waals surface area contributed by atoms with Crippen LogP contribution in [0, 0.1) is 0 Å². The smallest absolute Gasteiger partial charge is 0.261 e. The number of aromatic nitrogens is 2. The van der Waals surface area contributed by atoms with E-state index in [0.717, 1.165) is 5.69 Å². The van der Waals surface area contributed by atoms with Crippen LogP contribution < -0.4 is 10.9 Å². The second-order valence-electron chi connectivity index (χ2n) is 3.76. The third-order valence-corrected chi connectivity index (χ3v) is 2.47. The van der Waals surface area contributed by atoms with Gasteiger partial charge in [0.2, 0.25) is 0 Å². The maximum Gasteiger partial charge on any atom is 0.261 e. The Bertz CT molecular complexity index is 448. The van der Waals surface area contributed by atoms with Crippen molar-refractivity contribution in [3.8, 4) is 0 Å². The summed E-state index contributed by atoms with van der Waals surface area (Å²) in [6.45, 7) is 0.639. The van der Waals surface area contributed by atoms with Crippen molar-refractivity contribution in [1.82, 2.24) is 15.3 Å². The number of rotatable bonds is 5. The lowest BCUT2D eigenvalue weighted by atomic mass is 10.2. The van der Waals surface area contributed by atoms with Crippen LogP contribution in [-0.4, -0.2) is 29.6 Å². The molecule has 0 aliphatic carbocycles. The normalized spacial score (nSPS) is 14.3. The van der Waals surface area contributed by atoms with Gasteiger partial charge < -0.3 is 15.0 Å². The summed E-state index contributed by atoms with van der Waals surface area (Å²) in [4.78, 5) is 18.4. The van der Waals surface area contributed by atoms with E-state index in [4.69, 9.17) is 4.74 Å². The Morgan fingerprint density at radius 2 is 2.24 bits per heavy atom. The first-order chi connectivity index (χ1) is 8.16. The van der Waals surface area contributed by atoms with Gasteiger partial charge in [-0.2, -0.15) is 0 Å². The van der Waals surface area contributed by atoms with E-state index < -0.39 is 13.0 Å². The molecule has 1 aliphatic heterocycles. The average molecular weight is 245 g/mol. The lowest BCUT2D eigenvalue weighted by Gasteiger charge is -2.04. The number of fused-ring (bicyclic) bond motifs is 1. The minimum atomic E-state index is -2.47. The second kappa shape index (κ2) is 5.33. The molecule has 2 N–H and O–H groups in total. The SMILES string of the molecule is O=c1[nH]c(CCOCC(F)F)nc2c1CNC2. The molecule has 2 heterocycles. The molecule has 0 unspecified atom stereocenters. The maximum atomic E-state index is 11.8. The lowest BCUT2D eigenvalue weighted by Crippen LogP contribution is -2.18. The molecule has 0 fully saturated rings. The molecule has 0 saturated carbocycles. The molecule has 17 heavy (non-hydrogen) atoms. The average Bonchev–Trinajstić information content (AvgIpc) is 2.72. The van der Waals surface area contributed by atoms with E-state index in [1.54, 1.807) is 0 Å². The molecule has 1 aliphatic rings. The predicted molar refractivity (Wildman–Crippen MR) is 55.9 cm³/mol. The van der Waals surface area contributed by atoms with Crippen molar-refractivity contribution in [1.29, 1.82) is 0 Å². The van der Waals surface area contributed by atoms with E-state index >= 15 is 0 Å². The molecule has 94 valence electrons. The van der Waals surface area contributed by atoms with Crippen LogP contribution in [0.3, 0.4) is 0 Å². The van der Waals surface area contributed by atoms with Crippen LogP contribution in [-0.2, 0) is 24.2 Å². The van der Waals surface area contributed by atoms with Crippen LogP contribution in [0.1, 0.15) is 17.1 Å². The van der Waals surface area contributed by atoms with Gasteiger partial charge in [-0.1, -0.05) is 0 Å². The molecule has 1 aromatic heterocycles. The summed E-state index contributed by atoms with van der Waals surface area (Å²) in [5, 5.41) is 3.03. The minimum absolute atomic E-state index is 0.124. The highest BCUT2D eigenvalue weighted by Gasteiger charge is 2.16. The number of H-pyrrole nitrogens is 1. The topological polar surface area (TPSA) is 67.0 Å². The van der Waals surface area contributed by atoms with Crippen molar-refractivity contribution < 1.29 is 13.5 Å². The van der Waals surface area contributed by atoms with Gasteiger partial charge in [0.15, 0.2) is 0 Å². The van der Waals surface area contributed by atoms with Crippen LogP contribution in [0.15, 0.2) is 4.79 Å². The van der Waals surface area contributed by atoms with Crippen LogP contribution >= 0.6 is 0 Å². The molecule has 0 amide bonds. The summed E-state index contributed by atoms with van der Waals surface area (Å²) in [5.74, 6) is 0.478. The predicted octanol–water partition coefficient (Wildman–Crippen LogP) is 0.197. The molecule has 7 heteroatoms. The zero-order valence-corrected chi connectivity index (χ0v) is 9.13. The molecule has 1 aromatic rings. The quantitative estimate of drug-likeness (QED) is 0.727. The van der Waals surface area contributed by atoms with Gasteiger partial charge in [-0.25, -0.2) is 13.8 Å². The number of nitrogens with zero attached hydrogens (tertiary/aromatic N) is 1. The van der Waals surface area contributed by atoms with E-state index in [-0.39, 0.29) is 12.2 Å². The number of nitrogens with one attached hydrogen (secondary N) is 2. The molecule has 0 spiro atoms. The summed E-state index contributed by atoms with van der Waals surface area (Å²) >= 11 is 0. The Hall–Kier alpha value is -1.34. The highest BCUT2D eigenvalue weighted by Crippen LogP contribution is 2.07. The summed E-state index contributed by atoms with van der Waals surface area (Å²) in [7, 11) is 0. The number of halogens is 2. The van der Waals surface area contributed by atoms with E-state index in [1.807, 2.05) is 0 Å². The zero-order chi connectivity index (χ0) is 12.3. The Labute approximate surface area is 96.2 Å². The van der Waals surface area contributed by atoms with Crippen molar-refractivity contribution in [3.63, 3.8) is 0 Å². The first-order valence-electron chi connectivity index (χ1n) is 5.34. The third kappa shape index (κ3) is 3.07. The van der Waals surface area contributed by atoms with Crippen LogP contribution in [0.2, 0.25) is 0 Å². The summed E-state index contributed by atoms with van der Waals surface area (Å²) in [5.41, 5.74) is 1.23. The molecule has 2 rings (SSSR count). The fourth-order valence-electron chi connectivity index (χ4n) is 1.69. The van der Waals surface area contributed by atoms with Crippen LogP contribution in [0.5, 0.6) is 0 Å². The van der Waals surface area contributed by atoms with E-state index in [9.17, 15) is 13.6 Å². The van der Waals surface area contributed by atoms with E-state index in [0.29, 0.717) is 30.9 Å². The molecule has 0 aromatic carbocycles. The number of hydrogen-bond acceptors (Lipinski definition) is 4. The number of aromatic amines is 1. The maximum absolute atomic E-state index is 11.8. The molecule has 0 bridgehead atoms. The van der Waals surface area contributed by atoms with E-state index in [1.165, 1.54) is 0 Å². The van der Waals surface area contributed by atoms with Crippen molar-refractivity contribution in [3.05, 3.63) is 27.4 Å². The Morgan fingerprint density at radius 1 is 1.41 bits per heavy atom. The van der Waals surface area contributed by atoms with Crippen LogP contribution in [0.25, 0.3) is 0 Å². The number of ether oxygens (including phenoxy) is 1. The van der Waals surface area contributed by atoms with Gasteiger partial charge in [-0.3, -0.25) is 4.79 Å². The molecule has 0 atom stereocenters. The number of hydrogen-bond donors (Lipinski definition) is 2. The van der Waals surface area contributed by atoms with Crippen molar-refractivity contribution >= 4 is 0 Å². The number of alkyl halides is 2. The molecule has 5 nitrogen and oxygen atoms in total. The Kier molecular flexibility index (Phi) is 3.80. The molecule has 0 saturated heterocycles. The first-order valence-corrected chi connectivity index (χ1v) is 5.34. The van der Waals surface area contributed by atoms with Crippen molar-refractivity contribution in [2.45, 2.75) is 25.9 Å². The van der Waals surface area contributed by atoms with Crippen LogP contribution in [0.4, 0.5) is 8.78 Å². The standard InChI is InChI=1S/C10H13F2N3O2/c11-8(12)5-17-2-1-9-14-7-4-13-3-6(7)10(16)15-9/h8,13H,1-5H2,(H,14,15,16). The van der Waals surface area contributed by atoms with Gasteiger partial charge in [0.1, 0.15) is 12.4 Å². The highest BCUT2D eigenvalue weighted by atomic mass is 19.3. The summed E-state index contributed by atoms with van der Waals surface area (Å²) < 4.78 is 28.3. The van der Waals surface area contributed by atoms with Crippen molar-refractivity contribution in [2.24, 2.45) is 0 Å². The van der Waals surface area contributed by atoms with Gasteiger partial charge in [0, 0.05) is 19.5 Å². The third-order valence-electron chi connectivity index (χ3n) is 2.47. The first kappa shape index (κ1) is 12.1. The minimum Gasteiger partial charge on any atom is -0.375 e. The summed E-state index contributed by atoms with van der Waals surface area (Å²) in [6.07, 6.45) is -2.14. The summed E-state index contributed by atoms with van der Waals surface area (Å²) in [6, 6.07) is 0. The Balaban J connectivity index is 1.94. The molecule has 0 radical (unpaired) electrons. The largest absolute Gasteiger partial charge is 0.375 e. The Morgan fingerprint density at radius 3 is 3.00 bits per heavy atom. The van der Waals surface area contributed by atoms with Gasteiger partial charge in [-0.05, 0) is 0 Å². The molecular formula is C10H13F2N3O2. The van der Waals surface area contributed by atoms with Gasteiger partial charge in [0.05, 0.1) is 17.9 Å².